The summed E-state index contributed by atoms with van der Waals surface area (Å²) in [4.78, 5) is 26.8. The standard InChI is InChI=1S/C22H21N3O3/c1-4-28-22(27)16-9-11-17(12-10-16)25-20(15-7-5-13(2)6-8-15)18-14(3)23-24-19(18)21(25)26/h5-12,20H,4H2,1-3H3,(H,23,24)/t20-/m1/s1. The molecule has 6 nitrogen and oxygen atoms in total. The first kappa shape index (κ1) is 18.0. The highest BCUT2D eigenvalue weighted by Crippen LogP contribution is 2.42. The Labute approximate surface area is 163 Å². The van der Waals surface area contributed by atoms with Crippen LogP contribution in [0.25, 0.3) is 0 Å². The van der Waals surface area contributed by atoms with Crippen LogP contribution in [0.3, 0.4) is 0 Å². The van der Waals surface area contributed by atoms with Gasteiger partial charge < -0.3 is 4.74 Å². The molecule has 0 saturated heterocycles. The number of rotatable bonds is 4. The van der Waals surface area contributed by atoms with E-state index in [1.54, 1.807) is 36.1 Å². The second-order valence-electron chi connectivity index (χ2n) is 6.87. The molecule has 1 aliphatic heterocycles. The van der Waals surface area contributed by atoms with E-state index in [1.807, 2.05) is 38.1 Å². The Hall–Kier alpha value is -3.41. The van der Waals surface area contributed by atoms with E-state index in [4.69, 9.17) is 4.74 Å². The number of nitrogens with zero attached hydrogens (tertiary/aromatic N) is 2. The summed E-state index contributed by atoms with van der Waals surface area (Å²) in [5.41, 5.74) is 5.54. The maximum Gasteiger partial charge on any atom is 0.338 e. The van der Waals surface area contributed by atoms with Gasteiger partial charge >= 0.3 is 5.97 Å². The van der Waals surface area contributed by atoms with E-state index in [0.29, 0.717) is 23.6 Å². The van der Waals surface area contributed by atoms with Gasteiger partial charge in [-0.1, -0.05) is 29.8 Å². The average Bonchev–Trinajstić information content (AvgIpc) is 3.21. The summed E-state index contributed by atoms with van der Waals surface area (Å²) < 4.78 is 5.04. The number of carbonyl (C=O) groups excluding carboxylic acids is 2. The first-order chi connectivity index (χ1) is 13.5. The summed E-state index contributed by atoms with van der Waals surface area (Å²) >= 11 is 0. The van der Waals surface area contributed by atoms with Gasteiger partial charge in [0.15, 0.2) is 5.69 Å². The molecule has 1 aromatic heterocycles. The summed E-state index contributed by atoms with van der Waals surface area (Å²) in [7, 11) is 0. The van der Waals surface area contributed by atoms with Crippen LogP contribution in [-0.4, -0.2) is 28.7 Å². The number of hydrogen-bond donors (Lipinski definition) is 1. The molecule has 4 rings (SSSR count). The molecule has 28 heavy (non-hydrogen) atoms. The highest BCUT2D eigenvalue weighted by atomic mass is 16.5. The number of aryl methyl sites for hydroxylation is 2. The van der Waals surface area contributed by atoms with Crippen LogP contribution < -0.4 is 4.90 Å². The van der Waals surface area contributed by atoms with Crippen molar-refractivity contribution >= 4 is 17.6 Å². The van der Waals surface area contributed by atoms with E-state index in [1.165, 1.54) is 0 Å². The van der Waals surface area contributed by atoms with Crippen molar-refractivity contribution in [2.24, 2.45) is 0 Å². The maximum atomic E-state index is 13.1. The van der Waals surface area contributed by atoms with Crippen LogP contribution in [0, 0.1) is 13.8 Å². The predicted molar refractivity (Wildman–Crippen MR) is 106 cm³/mol. The third kappa shape index (κ3) is 2.87. The van der Waals surface area contributed by atoms with Crippen LogP contribution in [0.15, 0.2) is 48.5 Å². The van der Waals surface area contributed by atoms with Crippen LogP contribution in [-0.2, 0) is 4.74 Å². The van der Waals surface area contributed by atoms with Gasteiger partial charge in [-0.2, -0.15) is 5.10 Å². The number of fused-ring (bicyclic) bond motifs is 1. The Kier molecular flexibility index (Phi) is 4.47. The van der Waals surface area contributed by atoms with Crippen molar-refractivity contribution in [1.82, 2.24) is 10.2 Å². The Morgan fingerprint density at radius 2 is 1.79 bits per heavy atom. The van der Waals surface area contributed by atoms with Crippen molar-refractivity contribution in [3.63, 3.8) is 0 Å². The molecule has 1 aliphatic rings. The summed E-state index contributed by atoms with van der Waals surface area (Å²) in [6.45, 7) is 6.05. The number of benzene rings is 2. The minimum Gasteiger partial charge on any atom is -0.462 e. The maximum absolute atomic E-state index is 13.1. The molecule has 0 aliphatic carbocycles. The Morgan fingerprint density at radius 1 is 1.11 bits per heavy atom. The van der Waals surface area contributed by atoms with Crippen molar-refractivity contribution in [1.29, 1.82) is 0 Å². The second kappa shape index (κ2) is 6.96. The van der Waals surface area contributed by atoms with Gasteiger partial charge in [0.05, 0.1) is 18.2 Å². The Bertz CT molecular complexity index is 1040. The fourth-order valence-corrected chi connectivity index (χ4v) is 3.60. The lowest BCUT2D eigenvalue weighted by Crippen LogP contribution is -2.29. The van der Waals surface area contributed by atoms with E-state index in [2.05, 4.69) is 10.2 Å². The lowest BCUT2D eigenvalue weighted by atomic mass is 9.98. The zero-order chi connectivity index (χ0) is 19.8. The third-order valence-electron chi connectivity index (χ3n) is 5.00. The fraction of sp³-hybridized carbons (Fsp3) is 0.227. The molecule has 0 radical (unpaired) electrons. The second-order valence-corrected chi connectivity index (χ2v) is 6.87. The number of esters is 1. The molecular formula is C22H21N3O3. The number of anilines is 1. The number of amides is 1. The smallest absolute Gasteiger partial charge is 0.338 e. The fourth-order valence-electron chi connectivity index (χ4n) is 3.60. The van der Waals surface area contributed by atoms with Gasteiger partial charge in [-0.15, -0.1) is 0 Å². The lowest BCUT2D eigenvalue weighted by Gasteiger charge is -2.26. The van der Waals surface area contributed by atoms with Crippen molar-refractivity contribution in [2.75, 3.05) is 11.5 Å². The van der Waals surface area contributed by atoms with Crippen molar-refractivity contribution in [2.45, 2.75) is 26.8 Å². The molecule has 0 unspecified atom stereocenters. The number of nitrogens with one attached hydrogen (secondary N) is 1. The van der Waals surface area contributed by atoms with E-state index >= 15 is 0 Å². The molecule has 1 atom stereocenters. The number of aromatic amines is 1. The van der Waals surface area contributed by atoms with Gasteiger partial charge in [-0.25, -0.2) is 4.79 Å². The van der Waals surface area contributed by atoms with Crippen LogP contribution in [0.1, 0.15) is 56.2 Å². The highest BCUT2D eigenvalue weighted by molar-refractivity contribution is 6.10. The molecule has 2 heterocycles. The predicted octanol–water partition coefficient (Wildman–Crippen LogP) is 3.95. The quantitative estimate of drug-likeness (QED) is 0.701. The first-order valence-electron chi connectivity index (χ1n) is 9.23. The lowest BCUT2D eigenvalue weighted by molar-refractivity contribution is 0.0526. The molecule has 1 N–H and O–H groups in total. The van der Waals surface area contributed by atoms with Crippen molar-refractivity contribution in [3.05, 3.63) is 82.2 Å². The monoisotopic (exact) mass is 375 g/mol. The molecule has 0 spiro atoms. The number of aromatic nitrogens is 2. The molecular weight excluding hydrogens is 354 g/mol. The molecule has 0 bridgehead atoms. The molecule has 0 fully saturated rings. The highest BCUT2D eigenvalue weighted by Gasteiger charge is 2.42. The Morgan fingerprint density at radius 3 is 2.43 bits per heavy atom. The molecule has 142 valence electrons. The van der Waals surface area contributed by atoms with Crippen LogP contribution in [0.5, 0.6) is 0 Å². The summed E-state index contributed by atoms with van der Waals surface area (Å²) in [5.74, 6) is -0.533. The number of hydrogen-bond acceptors (Lipinski definition) is 4. The van der Waals surface area contributed by atoms with Crippen LogP contribution in [0.2, 0.25) is 0 Å². The topological polar surface area (TPSA) is 75.3 Å². The first-order valence-corrected chi connectivity index (χ1v) is 9.23. The number of H-pyrrole nitrogens is 1. The van der Waals surface area contributed by atoms with Gasteiger partial charge in [0, 0.05) is 16.9 Å². The van der Waals surface area contributed by atoms with Crippen LogP contribution in [0.4, 0.5) is 5.69 Å². The molecule has 2 aromatic carbocycles. The molecule has 0 saturated carbocycles. The van der Waals surface area contributed by atoms with Crippen LogP contribution >= 0.6 is 0 Å². The summed E-state index contributed by atoms with van der Waals surface area (Å²) in [6.07, 6.45) is 0. The molecule has 1 amide bonds. The van der Waals surface area contributed by atoms with Crippen molar-refractivity contribution < 1.29 is 14.3 Å². The largest absolute Gasteiger partial charge is 0.462 e. The third-order valence-corrected chi connectivity index (χ3v) is 5.00. The van der Waals surface area contributed by atoms with E-state index < -0.39 is 0 Å². The average molecular weight is 375 g/mol. The Balaban J connectivity index is 1.77. The van der Waals surface area contributed by atoms with Gasteiger partial charge in [0.25, 0.3) is 5.91 Å². The summed E-state index contributed by atoms with van der Waals surface area (Å²) in [6, 6.07) is 14.8. The SMILES string of the molecule is CCOC(=O)c1ccc(N2C(=O)c3n[nH]c(C)c3[C@H]2c2ccc(C)cc2)cc1. The van der Waals surface area contributed by atoms with Gasteiger partial charge in [0.1, 0.15) is 0 Å². The van der Waals surface area contributed by atoms with E-state index in [0.717, 1.165) is 22.4 Å². The van der Waals surface area contributed by atoms with Gasteiger partial charge in [-0.3, -0.25) is 14.8 Å². The minimum absolute atomic E-state index is 0.159. The van der Waals surface area contributed by atoms with E-state index in [9.17, 15) is 9.59 Å². The zero-order valence-electron chi connectivity index (χ0n) is 16.0. The number of carbonyl (C=O) groups is 2. The zero-order valence-corrected chi connectivity index (χ0v) is 16.0. The summed E-state index contributed by atoms with van der Waals surface area (Å²) in [5, 5.41) is 7.16. The minimum atomic E-state index is -0.374. The number of ether oxygens (including phenoxy) is 1. The van der Waals surface area contributed by atoms with Gasteiger partial charge in [0.2, 0.25) is 0 Å². The van der Waals surface area contributed by atoms with Gasteiger partial charge in [-0.05, 0) is 50.6 Å². The van der Waals surface area contributed by atoms with Crippen molar-refractivity contribution in [3.8, 4) is 0 Å². The van der Waals surface area contributed by atoms with E-state index in [-0.39, 0.29) is 17.9 Å². The molecule has 6 heteroatoms. The normalized spacial score (nSPS) is 15.6. The molecule has 3 aromatic rings.